The molecule has 0 bridgehead atoms. The fourth-order valence-corrected chi connectivity index (χ4v) is 2.43. The number of benzene rings is 2. The number of anilines is 2. The number of para-hydroxylation sites is 2. The average molecular weight is 266 g/mol. The van der Waals surface area contributed by atoms with Crippen molar-refractivity contribution < 1.29 is 0 Å². The lowest BCUT2D eigenvalue weighted by Crippen LogP contribution is -2.04. The zero-order valence-corrected chi connectivity index (χ0v) is 11.4. The van der Waals surface area contributed by atoms with Crippen molar-refractivity contribution in [2.45, 2.75) is 6.92 Å². The van der Waals surface area contributed by atoms with Gasteiger partial charge in [-0.05, 0) is 30.7 Å². The van der Waals surface area contributed by atoms with Crippen molar-refractivity contribution in [3.05, 3.63) is 65.7 Å². The first-order valence-electron chi connectivity index (χ1n) is 6.19. The van der Waals surface area contributed by atoms with E-state index in [9.17, 15) is 0 Å². The van der Waals surface area contributed by atoms with Crippen LogP contribution in [0.5, 0.6) is 0 Å². The summed E-state index contributed by atoms with van der Waals surface area (Å²) in [5.41, 5.74) is 5.47. The summed E-state index contributed by atoms with van der Waals surface area (Å²) in [5.74, 6) is 0. The van der Waals surface area contributed by atoms with E-state index in [4.69, 9.17) is 12.2 Å². The lowest BCUT2D eigenvalue weighted by atomic mass is 10.1. The average Bonchev–Trinajstić information content (AvgIpc) is 2.57. The van der Waals surface area contributed by atoms with Crippen LogP contribution in [-0.4, -0.2) is 4.99 Å². The van der Waals surface area contributed by atoms with Crippen molar-refractivity contribution in [1.82, 2.24) is 0 Å². The van der Waals surface area contributed by atoms with Gasteiger partial charge in [0, 0.05) is 11.3 Å². The normalized spacial score (nSPS) is 13.7. The molecular weight excluding hydrogens is 252 g/mol. The van der Waals surface area contributed by atoms with Gasteiger partial charge < -0.3 is 10.6 Å². The number of nitrogens with one attached hydrogen (secondary N) is 2. The van der Waals surface area contributed by atoms with E-state index in [0.29, 0.717) is 0 Å². The molecule has 0 radical (unpaired) electrons. The minimum Gasteiger partial charge on any atom is -0.353 e. The molecule has 2 nitrogen and oxygen atoms in total. The summed E-state index contributed by atoms with van der Waals surface area (Å²) in [7, 11) is 0. The Hall–Kier alpha value is -2.13. The van der Waals surface area contributed by atoms with Crippen LogP contribution < -0.4 is 10.6 Å². The van der Waals surface area contributed by atoms with Gasteiger partial charge in [-0.1, -0.05) is 48.6 Å². The summed E-state index contributed by atoms with van der Waals surface area (Å²) < 4.78 is 0. The van der Waals surface area contributed by atoms with Crippen LogP contribution >= 0.6 is 12.2 Å². The molecule has 0 amide bonds. The van der Waals surface area contributed by atoms with Crippen molar-refractivity contribution in [2.75, 3.05) is 10.6 Å². The van der Waals surface area contributed by atoms with Gasteiger partial charge in [0.15, 0.2) is 0 Å². The van der Waals surface area contributed by atoms with Crippen LogP contribution in [0.3, 0.4) is 0 Å². The molecule has 2 aromatic rings. The third kappa shape index (κ3) is 2.37. The highest BCUT2D eigenvalue weighted by Gasteiger charge is 2.12. The Morgan fingerprint density at radius 3 is 2.21 bits per heavy atom. The van der Waals surface area contributed by atoms with Crippen molar-refractivity contribution in [2.24, 2.45) is 0 Å². The summed E-state index contributed by atoms with van der Waals surface area (Å²) in [5, 5.41) is 6.69. The molecule has 0 aromatic heterocycles. The Morgan fingerprint density at radius 2 is 1.47 bits per heavy atom. The lowest BCUT2D eigenvalue weighted by molar-refractivity contribution is 1.41. The van der Waals surface area contributed by atoms with Crippen LogP contribution in [-0.2, 0) is 0 Å². The molecule has 0 aliphatic carbocycles. The molecule has 2 N–H and O–H groups in total. The Balaban J connectivity index is 2.08. The monoisotopic (exact) mass is 266 g/mol. The molecule has 3 heteroatoms. The van der Waals surface area contributed by atoms with Crippen LogP contribution in [0.1, 0.15) is 11.1 Å². The van der Waals surface area contributed by atoms with Crippen LogP contribution in [0.2, 0.25) is 0 Å². The molecule has 0 fully saturated rings. The maximum absolute atomic E-state index is 5.36. The Bertz CT molecular complexity index is 674. The smallest absolute Gasteiger partial charge is 0.105 e. The molecule has 0 unspecified atom stereocenters. The van der Waals surface area contributed by atoms with Gasteiger partial charge in [-0.3, -0.25) is 0 Å². The number of rotatable bonds is 1. The minimum absolute atomic E-state index is 0.718. The lowest BCUT2D eigenvalue weighted by Gasteiger charge is -2.13. The second-order valence-corrected chi connectivity index (χ2v) is 4.97. The Morgan fingerprint density at radius 1 is 0.842 bits per heavy atom. The molecule has 0 atom stereocenters. The number of fused-ring (bicyclic) bond motifs is 1. The molecule has 1 heterocycles. The van der Waals surface area contributed by atoms with Gasteiger partial charge in [-0.25, -0.2) is 0 Å². The third-order valence-electron chi connectivity index (χ3n) is 3.16. The van der Waals surface area contributed by atoms with E-state index < -0.39 is 0 Å². The molecule has 3 rings (SSSR count). The first kappa shape index (κ1) is 11.9. The fraction of sp³-hybridized carbons (Fsp3) is 0.0625. The predicted octanol–water partition coefficient (Wildman–Crippen LogP) is 4.20. The second-order valence-electron chi connectivity index (χ2n) is 4.53. The number of hydrogen-bond acceptors (Lipinski definition) is 2. The van der Waals surface area contributed by atoms with Crippen LogP contribution in [0.4, 0.5) is 11.4 Å². The zero-order valence-electron chi connectivity index (χ0n) is 10.6. The number of aryl methyl sites for hydroxylation is 1. The molecule has 1 aliphatic heterocycles. The van der Waals surface area contributed by atoms with Crippen LogP contribution in [0.25, 0.3) is 5.70 Å². The summed E-state index contributed by atoms with van der Waals surface area (Å²) in [6.45, 7) is 2.10. The van der Waals surface area contributed by atoms with Crippen molar-refractivity contribution in [3.63, 3.8) is 0 Å². The van der Waals surface area contributed by atoms with E-state index in [2.05, 4.69) is 29.7 Å². The van der Waals surface area contributed by atoms with Crippen LogP contribution in [0.15, 0.2) is 54.6 Å². The van der Waals surface area contributed by atoms with Gasteiger partial charge in [0.25, 0.3) is 0 Å². The van der Waals surface area contributed by atoms with E-state index in [1.807, 2.05) is 42.5 Å². The molecule has 0 spiro atoms. The van der Waals surface area contributed by atoms with Crippen molar-refractivity contribution in [1.29, 1.82) is 0 Å². The van der Waals surface area contributed by atoms with Gasteiger partial charge in [0.2, 0.25) is 0 Å². The van der Waals surface area contributed by atoms with Gasteiger partial charge in [-0.15, -0.1) is 0 Å². The van der Waals surface area contributed by atoms with E-state index in [1.165, 1.54) is 11.1 Å². The van der Waals surface area contributed by atoms with Crippen molar-refractivity contribution in [3.8, 4) is 0 Å². The topological polar surface area (TPSA) is 24.1 Å². The number of hydrogen-bond donors (Lipinski definition) is 2. The second kappa shape index (κ2) is 4.86. The highest BCUT2D eigenvalue weighted by Crippen LogP contribution is 2.29. The van der Waals surface area contributed by atoms with Gasteiger partial charge in [0.1, 0.15) is 4.99 Å². The van der Waals surface area contributed by atoms with E-state index in [-0.39, 0.29) is 0 Å². The Labute approximate surface area is 118 Å². The van der Waals surface area contributed by atoms with Crippen LogP contribution in [0, 0.1) is 6.92 Å². The zero-order chi connectivity index (χ0) is 13.2. The predicted molar refractivity (Wildman–Crippen MR) is 85.4 cm³/mol. The summed E-state index contributed by atoms with van der Waals surface area (Å²) >= 11 is 5.36. The SMILES string of the molecule is Cc1ccccc1C1=CC(=S)Nc2ccccc2N1. The first-order valence-corrected chi connectivity index (χ1v) is 6.59. The first-order chi connectivity index (χ1) is 9.24. The molecule has 0 saturated heterocycles. The fourth-order valence-electron chi connectivity index (χ4n) is 2.20. The van der Waals surface area contributed by atoms with Gasteiger partial charge in [0.05, 0.1) is 11.4 Å². The van der Waals surface area contributed by atoms with Gasteiger partial charge >= 0.3 is 0 Å². The van der Waals surface area contributed by atoms with E-state index in [1.54, 1.807) is 0 Å². The molecular formula is C16H14N2S. The maximum Gasteiger partial charge on any atom is 0.105 e. The third-order valence-corrected chi connectivity index (χ3v) is 3.38. The minimum atomic E-state index is 0.718. The molecule has 0 saturated carbocycles. The Kier molecular flexibility index (Phi) is 3.05. The molecule has 94 valence electrons. The summed E-state index contributed by atoms with van der Waals surface area (Å²) in [6, 6.07) is 16.4. The summed E-state index contributed by atoms with van der Waals surface area (Å²) in [6.07, 6.45) is 1.97. The van der Waals surface area contributed by atoms with E-state index >= 15 is 0 Å². The van der Waals surface area contributed by atoms with Crippen molar-refractivity contribution >= 4 is 34.3 Å². The maximum atomic E-state index is 5.36. The molecule has 2 aromatic carbocycles. The largest absolute Gasteiger partial charge is 0.353 e. The highest BCUT2D eigenvalue weighted by molar-refractivity contribution is 7.81. The highest BCUT2D eigenvalue weighted by atomic mass is 32.1. The summed E-state index contributed by atoms with van der Waals surface area (Å²) in [4.78, 5) is 0.718. The quantitative estimate of drug-likeness (QED) is 0.756. The molecule has 19 heavy (non-hydrogen) atoms. The standard InChI is InChI=1S/C16H14N2S/c1-11-6-2-3-7-12(11)15-10-16(19)18-14-9-5-4-8-13(14)17-15/h2-10,17H,1H3,(H,18,19). The van der Waals surface area contributed by atoms with E-state index in [0.717, 1.165) is 22.1 Å². The number of thiocarbonyl (C=S) groups is 1. The van der Waals surface area contributed by atoms with Gasteiger partial charge in [-0.2, -0.15) is 0 Å². The molecule has 1 aliphatic rings.